The maximum Gasteiger partial charge on any atom is 0.267 e. The van der Waals surface area contributed by atoms with Gasteiger partial charge in [-0.3, -0.25) is 4.79 Å². The van der Waals surface area contributed by atoms with Gasteiger partial charge < -0.3 is 15.4 Å². The fraction of sp³-hybridized carbons (Fsp3) is 0.111. The van der Waals surface area contributed by atoms with Crippen LogP contribution in [0.4, 0.5) is 11.4 Å². The number of nitrogens with one attached hydrogen (secondary N) is 2. The van der Waals surface area contributed by atoms with E-state index in [1.165, 1.54) is 6.20 Å². The number of halogens is 2. The number of carbonyl (C=O) groups is 1. The molecule has 7 heteroatoms. The molecule has 0 unspecified atom stereocenters. The van der Waals surface area contributed by atoms with Gasteiger partial charge in [0.1, 0.15) is 17.4 Å². The first kappa shape index (κ1) is 18.7. The van der Waals surface area contributed by atoms with E-state index in [1.54, 1.807) is 42.5 Å². The molecule has 2 N–H and O–H groups in total. The van der Waals surface area contributed by atoms with E-state index in [0.29, 0.717) is 33.8 Å². The maximum absolute atomic E-state index is 12.2. The van der Waals surface area contributed by atoms with Crippen molar-refractivity contribution in [2.24, 2.45) is 0 Å². The van der Waals surface area contributed by atoms with E-state index in [2.05, 4.69) is 10.6 Å². The summed E-state index contributed by atoms with van der Waals surface area (Å²) in [5.41, 5.74) is 0.850. The Morgan fingerprint density at radius 3 is 2.40 bits per heavy atom. The molecule has 25 heavy (non-hydrogen) atoms. The van der Waals surface area contributed by atoms with Crippen molar-refractivity contribution in [1.82, 2.24) is 0 Å². The number of para-hydroxylation sites is 1. The highest BCUT2D eigenvalue weighted by atomic mass is 35.5. The van der Waals surface area contributed by atoms with E-state index < -0.39 is 5.91 Å². The minimum Gasteiger partial charge on any atom is -0.494 e. The summed E-state index contributed by atoms with van der Waals surface area (Å²) in [6.07, 6.45) is 1.26. The number of nitrogens with zero attached hydrogens (tertiary/aromatic N) is 1. The molecule has 0 saturated carbocycles. The Morgan fingerprint density at radius 2 is 1.84 bits per heavy atom. The highest BCUT2D eigenvalue weighted by Gasteiger charge is 2.11. The smallest absolute Gasteiger partial charge is 0.267 e. The molecular weight excluding hydrogens is 361 g/mol. The fourth-order valence-electron chi connectivity index (χ4n) is 1.93. The van der Waals surface area contributed by atoms with Crippen LogP contribution < -0.4 is 15.4 Å². The Kier molecular flexibility index (Phi) is 6.70. The second-order valence-electron chi connectivity index (χ2n) is 4.82. The van der Waals surface area contributed by atoms with Gasteiger partial charge >= 0.3 is 0 Å². The molecule has 1 amide bonds. The van der Waals surface area contributed by atoms with Crippen LogP contribution in [0.3, 0.4) is 0 Å². The van der Waals surface area contributed by atoms with Crippen LogP contribution in [0.2, 0.25) is 10.0 Å². The van der Waals surface area contributed by atoms with Crippen molar-refractivity contribution in [1.29, 1.82) is 5.26 Å². The number of hydrogen-bond acceptors (Lipinski definition) is 4. The third-order valence-corrected chi connectivity index (χ3v) is 3.74. The standard InChI is InChI=1S/C18H15Cl2N3O2/c1-2-25-14-8-6-13(7-9-14)23-18(24)12(10-21)11-22-17-15(19)4-3-5-16(17)20/h3-9,11,22H,2H2,1H3,(H,23,24)/b12-11-. The summed E-state index contributed by atoms with van der Waals surface area (Å²) in [5.74, 6) is 0.147. The fourth-order valence-corrected chi connectivity index (χ4v) is 2.43. The Labute approximate surface area is 155 Å². The second kappa shape index (κ2) is 8.97. The molecule has 2 rings (SSSR count). The van der Waals surface area contributed by atoms with Crippen LogP contribution >= 0.6 is 23.2 Å². The second-order valence-corrected chi connectivity index (χ2v) is 5.64. The van der Waals surface area contributed by atoms with Gasteiger partial charge in [0, 0.05) is 11.9 Å². The monoisotopic (exact) mass is 375 g/mol. The molecule has 0 aliphatic carbocycles. The van der Waals surface area contributed by atoms with Gasteiger partial charge in [-0.15, -0.1) is 0 Å². The highest BCUT2D eigenvalue weighted by Crippen LogP contribution is 2.29. The summed E-state index contributed by atoms with van der Waals surface area (Å²) in [7, 11) is 0. The molecule has 5 nitrogen and oxygen atoms in total. The largest absolute Gasteiger partial charge is 0.494 e. The first-order chi connectivity index (χ1) is 12.0. The molecule has 0 spiro atoms. The van der Waals surface area contributed by atoms with Crippen molar-refractivity contribution in [2.45, 2.75) is 6.92 Å². The zero-order chi connectivity index (χ0) is 18.2. The topological polar surface area (TPSA) is 74.1 Å². The van der Waals surface area contributed by atoms with E-state index in [1.807, 2.05) is 13.0 Å². The van der Waals surface area contributed by atoms with Crippen LogP contribution in [0.15, 0.2) is 54.2 Å². The van der Waals surface area contributed by atoms with Crippen molar-refractivity contribution in [3.05, 3.63) is 64.3 Å². The van der Waals surface area contributed by atoms with Crippen molar-refractivity contribution < 1.29 is 9.53 Å². The summed E-state index contributed by atoms with van der Waals surface area (Å²) in [6, 6.07) is 13.7. The van der Waals surface area contributed by atoms with Crippen molar-refractivity contribution in [3.8, 4) is 11.8 Å². The highest BCUT2D eigenvalue weighted by molar-refractivity contribution is 6.39. The van der Waals surface area contributed by atoms with Crippen LogP contribution in [-0.4, -0.2) is 12.5 Å². The van der Waals surface area contributed by atoms with Crippen LogP contribution in [0, 0.1) is 11.3 Å². The molecule has 128 valence electrons. The summed E-state index contributed by atoms with van der Waals surface area (Å²) < 4.78 is 5.33. The third kappa shape index (κ3) is 5.15. The molecule has 0 aliphatic heterocycles. The average Bonchev–Trinajstić information content (AvgIpc) is 2.59. The predicted molar refractivity (Wildman–Crippen MR) is 100 cm³/mol. The lowest BCUT2D eigenvalue weighted by molar-refractivity contribution is -0.112. The van der Waals surface area contributed by atoms with E-state index in [4.69, 9.17) is 27.9 Å². The van der Waals surface area contributed by atoms with E-state index in [9.17, 15) is 10.1 Å². The van der Waals surface area contributed by atoms with E-state index in [0.717, 1.165) is 0 Å². The van der Waals surface area contributed by atoms with Gasteiger partial charge in [-0.25, -0.2) is 0 Å². The number of benzene rings is 2. The van der Waals surface area contributed by atoms with Gasteiger partial charge in [0.25, 0.3) is 5.91 Å². The molecule has 0 fully saturated rings. The number of nitriles is 1. The average molecular weight is 376 g/mol. The van der Waals surface area contributed by atoms with Gasteiger partial charge in [0.2, 0.25) is 0 Å². The number of rotatable bonds is 6. The Balaban J connectivity index is 2.09. The molecule has 0 aromatic heterocycles. The molecule has 2 aromatic carbocycles. The minimum atomic E-state index is -0.553. The number of amides is 1. The lowest BCUT2D eigenvalue weighted by Crippen LogP contribution is -2.14. The van der Waals surface area contributed by atoms with Crippen LogP contribution in [-0.2, 0) is 4.79 Å². The Morgan fingerprint density at radius 1 is 1.20 bits per heavy atom. The molecule has 0 heterocycles. The Bertz CT molecular complexity index is 807. The molecule has 0 aliphatic rings. The maximum atomic E-state index is 12.2. The molecule has 0 bridgehead atoms. The third-order valence-electron chi connectivity index (χ3n) is 3.11. The lowest BCUT2D eigenvalue weighted by Gasteiger charge is -2.08. The lowest BCUT2D eigenvalue weighted by atomic mass is 10.2. The molecule has 2 aromatic rings. The number of carbonyl (C=O) groups excluding carboxylic acids is 1. The van der Waals surface area contributed by atoms with E-state index in [-0.39, 0.29) is 5.57 Å². The van der Waals surface area contributed by atoms with Gasteiger partial charge in [-0.05, 0) is 43.3 Å². The number of hydrogen-bond donors (Lipinski definition) is 2. The normalized spacial score (nSPS) is 10.7. The molecule has 0 atom stereocenters. The predicted octanol–water partition coefficient (Wildman–Crippen LogP) is 4.85. The van der Waals surface area contributed by atoms with Gasteiger partial charge in [0.15, 0.2) is 0 Å². The minimum absolute atomic E-state index is 0.120. The first-order valence-electron chi connectivity index (χ1n) is 7.40. The molecule has 0 radical (unpaired) electrons. The van der Waals surface area contributed by atoms with Crippen molar-refractivity contribution in [3.63, 3.8) is 0 Å². The van der Waals surface area contributed by atoms with Gasteiger partial charge in [-0.2, -0.15) is 5.26 Å². The Hall–Kier alpha value is -2.68. The summed E-state index contributed by atoms with van der Waals surface area (Å²) in [5, 5.41) is 15.4. The summed E-state index contributed by atoms with van der Waals surface area (Å²) in [6.45, 7) is 2.45. The van der Waals surface area contributed by atoms with Crippen LogP contribution in [0.5, 0.6) is 5.75 Å². The zero-order valence-corrected chi connectivity index (χ0v) is 14.9. The molecular formula is C18H15Cl2N3O2. The zero-order valence-electron chi connectivity index (χ0n) is 13.3. The van der Waals surface area contributed by atoms with E-state index >= 15 is 0 Å². The molecule has 0 saturated heterocycles. The first-order valence-corrected chi connectivity index (χ1v) is 8.15. The summed E-state index contributed by atoms with van der Waals surface area (Å²) >= 11 is 12.1. The number of anilines is 2. The summed E-state index contributed by atoms with van der Waals surface area (Å²) in [4.78, 5) is 12.2. The SMILES string of the molecule is CCOc1ccc(NC(=O)/C(C#N)=C\Nc2c(Cl)cccc2Cl)cc1. The quantitative estimate of drug-likeness (QED) is 0.558. The van der Waals surface area contributed by atoms with Gasteiger partial charge in [0.05, 0.1) is 22.3 Å². The number of ether oxygens (including phenoxy) is 1. The van der Waals surface area contributed by atoms with Gasteiger partial charge in [-0.1, -0.05) is 29.3 Å². The van der Waals surface area contributed by atoms with Crippen LogP contribution in [0.25, 0.3) is 0 Å². The van der Waals surface area contributed by atoms with Crippen LogP contribution in [0.1, 0.15) is 6.92 Å². The van der Waals surface area contributed by atoms with Crippen molar-refractivity contribution >= 4 is 40.5 Å². The van der Waals surface area contributed by atoms with Crippen molar-refractivity contribution in [2.75, 3.05) is 17.2 Å².